The van der Waals surface area contributed by atoms with Gasteiger partial charge in [0.25, 0.3) is 0 Å². The van der Waals surface area contributed by atoms with Crippen LogP contribution in [0.25, 0.3) is 10.6 Å². The summed E-state index contributed by atoms with van der Waals surface area (Å²) in [5, 5.41) is 9.14. The van der Waals surface area contributed by atoms with Gasteiger partial charge in [-0.15, -0.1) is 22.7 Å². The zero-order valence-electron chi connectivity index (χ0n) is 12.7. The minimum Gasteiger partial charge on any atom is -0.357 e. The molecule has 3 rings (SSSR count). The number of aromatic nitrogens is 1. The second kappa shape index (κ2) is 7.39. The van der Waals surface area contributed by atoms with Crippen LogP contribution in [0.4, 0.5) is 5.13 Å². The first-order valence-corrected chi connectivity index (χ1v) is 8.97. The van der Waals surface area contributed by atoms with E-state index in [9.17, 15) is 4.79 Å². The molecule has 0 unspecified atom stereocenters. The molecule has 0 aliphatic heterocycles. The number of anilines is 1. The molecule has 23 heavy (non-hydrogen) atoms. The first-order chi connectivity index (χ1) is 11.2. The number of benzene rings is 1. The van der Waals surface area contributed by atoms with Gasteiger partial charge in [-0.05, 0) is 17.7 Å². The third kappa shape index (κ3) is 4.40. The van der Waals surface area contributed by atoms with Gasteiger partial charge in [-0.25, -0.2) is 4.98 Å². The topological polar surface area (TPSA) is 54.0 Å². The van der Waals surface area contributed by atoms with Crippen LogP contribution in [0, 0.1) is 0 Å². The number of nitrogens with one attached hydrogen (secondary N) is 2. The van der Waals surface area contributed by atoms with Crippen molar-refractivity contribution in [3.05, 3.63) is 58.3 Å². The Morgan fingerprint density at radius 3 is 2.74 bits per heavy atom. The van der Waals surface area contributed by atoms with Gasteiger partial charge in [-0.1, -0.05) is 30.3 Å². The lowest BCUT2D eigenvalue weighted by molar-refractivity contribution is -0.119. The highest BCUT2D eigenvalue weighted by Crippen LogP contribution is 2.30. The number of nitrogens with zero attached hydrogens (tertiary/aromatic N) is 1. The van der Waals surface area contributed by atoms with E-state index in [0.29, 0.717) is 6.54 Å². The lowest BCUT2D eigenvalue weighted by atomic mass is 10.2. The number of hydrogen-bond acceptors (Lipinski definition) is 5. The Morgan fingerprint density at radius 1 is 1.13 bits per heavy atom. The molecule has 118 valence electrons. The smallest absolute Gasteiger partial charge is 0.217 e. The number of rotatable bonds is 6. The van der Waals surface area contributed by atoms with Crippen molar-refractivity contribution in [2.24, 2.45) is 0 Å². The van der Waals surface area contributed by atoms with Crippen molar-refractivity contribution in [1.82, 2.24) is 10.3 Å². The minimum absolute atomic E-state index is 0.0130. The van der Waals surface area contributed by atoms with Crippen LogP contribution in [0.2, 0.25) is 0 Å². The molecule has 6 heteroatoms. The molecule has 0 aliphatic carbocycles. The predicted molar refractivity (Wildman–Crippen MR) is 96.7 cm³/mol. The minimum atomic E-state index is -0.0130. The van der Waals surface area contributed by atoms with E-state index in [0.717, 1.165) is 27.1 Å². The first-order valence-electron chi connectivity index (χ1n) is 7.27. The summed E-state index contributed by atoms with van der Waals surface area (Å²) < 4.78 is 0. The largest absolute Gasteiger partial charge is 0.357 e. The van der Waals surface area contributed by atoms with Crippen molar-refractivity contribution in [2.75, 3.05) is 5.32 Å². The molecule has 1 amide bonds. The van der Waals surface area contributed by atoms with Crippen LogP contribution in [0.3, 0.4) is 0 Å². The summed E-state index contributed by atoms with van der Waals surface area (Å²) in [5.74, 6) is -0.0130. The summed E-state index contributed by atoms with van der Waals surface area (Å²) >= 11 is 3.26. The van der Waals surface area contributed by atoms with E-state index >= 15 is 0 Å². The number of hydrogen-bond donors (Lipinski definition) is 2. The second-order valence-corrected chi connectivity index (χ2v) is 7.08. The van der Waals surface area contributed by atoms with Gasteiger partial charge in [0.2, 0.25) is 5.91 Å². The van der Waals surface area contributed by atoms with Gasteiger partial charge in [0, 0.05) is 23.7 Å². The van der Waals surface area contributed by atoms with Crippen molar-refractivity contribution in [1.29, 1.82) is 0 Å². The lowest BCUT2D eigenvalue weighted by Gasteiger charge is -2.01. The first kappa shape index (κ1) is 15.7. The molecule has 0 atom stereocenters. The van der Waals surface area contributed by atoms with E-state index in [2.05, 4.69) is 39.2 Å². The average Bonchev–Trinajstić information content (AvgIpc) is 3.21. The Labute approximate surface area is 143 Å². The van der Waals surface area contributed by atoms with E-state index in [-0.39, 0.29) is 5.91 Å². The summed E-state index contributed by atoms with van der Waals surface area (Å²) in [4.78, 5) is 17.8. The predicted octanol–water partition coefficient (Wildman–Crippen LogP) is 4.12. The summed E-state index contributed by atoms with van der Waals surface area (Å²) in [6.45, 7) is 2.87. The molecule has 4 nitrogen and oxygen atoms in total. The van der Waals surface area contributed by atoms with E-state index in [4.69, 9.17) is 0 Å². The van der Waals surface area contributed by atoms with Crippen LogP contribution < -0.4 is 10.6 Å². The highest BCUT2D eigenvalue weighted by molar-refractivity contribution is 7.17. The SMILES string of the molecule is CC(=O)NCc1ccc(-c2csc(NCc3ccccc3)n2)s1. The molecule has 3 aromatic rings. The molecule has 0 saturated heterocycles. The molecule has 0 fully saturated rings. The van der Waals surface area contributed by atoms with Crippen molar-refractivity contribution >= 4 is 33.7 Å². The molecular weight excluding hydrogens is 326 g/mol. The molecule has 2 N–H and O–H groups in total. The quantitative estimate of drug-likeness (QED) is 0.708. The highest BCUT2D eigenvalue weighted by atomic mass is 32.1. The maximum Gasteiger partial charge on any atom is 0.217 e. The summed E-state index contributed by atoms with van der Waals surface area (Å²) in [6, 6.07) is 14.4. The Balaban J connectivity index is 1.61. The molecule has 1 aromatic carbocycles. The fourth-order valence-corrected chi connectivity index (χ4v) is 3.76. The molecule has 0 spiro atoms. The molecule has 2 heterocycles. The summed E-state index contributed by atoms with van der Waals surface area (Å²) in [6.07, 6.45) is 0. The molecule has 0 saturated carbocycles. The Morgan fingerprint density at radius 2 is 1.96 bits per heavy atom. The average molecular weight is 343 g/mol. The van der Waals surface area contributed by atoms with Crippen molar-refractivity contribution in [3.8, 4) is 10.6 Å². The second-order valence-electron chi connectivity index (χ2n) is 5.05. The third-order valence-electron chi connectivity index (χ3n) is 3.22. The van der Waals surface area contributed by atoms with Gasteiger partial charge in [-0.2, -0.15) is 0 Å². The summed E-state index contributed by atoms with van der Waals surface area (Å²) in [7, 11) is 0. The zero-order valence-corrected chi connectivity index (χ0v) is 14.3. The molecule has 0 radical (unpaired) electrons. The van der Waals surface area contributed by atoms with Gasteiger partial charge < -0.3 is 10.6 Å². The van der Waals surface area contributed by atoms with Crippen LogP contribution in [-0.4, -0.2) is 10.9 Å². The molecule has 2 aromatic heterocycles. The van der Waals surface area contributed by atoms with Crippen LogP contribution in [-0.2, 0) is 17.9 Å². The van der Waals surface area contributed by atoms with Crippen LogP contribution in [0.1, 0.15) is 17.4 Å². The van der Waals surface area contributed by atoms with Crippen molar-refractivity contribution < 1.29 is 4.79 Å². The summed E-state index contributed by atoms with van der Waals surface area (Å²) in [5.41, 5.74) is 2.21. The monoisotopic (exact) mass is 343 g/mol. The highest BCUT2D eigenvalue weighted by Gasteiger charge is 2.08. The Hall–Kier alpha value is -2.18. The van der Waals surface area contributed by atoms with E-state index in [1.807, 2.05) is 24.3 Å². The van der Waals surface area contributed by atoms with Gasteiger partial charge in [0.1, 0.15) is 0 Å². The standard InChI is InChI=1S/C17H17N3OS2/c1-12(21)18-10-14-7-8-16(23-14)15-11-22-17(20-15)19-9-13-5-3-2-4-6-13/h2-8,11H,9-10H2,1H3,(H,18,21)(H,19,20). The van der Waals surface area contributed by atoms with Crippen molar-refractivity contribution in [2.45, 2.75) is 20.0 Å². The van der Waals surface area contributed by atoms with Gasteiger partial charge in [0.05, 0.1) is 17.1 Å². The zero-order chi connectivity index (χ0) is 16.1. The lowest BCUT2D eigenvalue weighted by Crippen LogP contribution is -2.17. The Bertz CT molecular complexity index is 780. The van der Waals surface area contributed by atoms with Gasteiger partial charge in [-0.3, -0.25) is 4.79 Å². The number of carbonyl (C=O) groups is 1. The number of amides is 1. The van der Waals surface area contributed by atoms with E-state index in [1.165, 1.54) is 12.5 Å². The maximum atomic E-state index is 11.0. The number of thiophene rings is 1. The van der Waals surface area contributed by atoms with Gasteiger partial charge >= 0.3 is 0 Å². The normalized spacial score (nSPS) is 10.5. The van der Waals surface area contributed by atoms with Gasteiger partial charge in [0.15, 0.2) is 5.13 Å². The Kier molecular flexibility index (Phi) is 5.05. The van der Waals surface area contributed by atoms with Crippen molar-refractivity contribution in [3.63, 3.8) is 0 Å². The van der Waals surface area contributed by atoms with Crippen LogP contribution in [0.15, 0.2) is 47.8 Å². The molecule has 0 aliphatic rings. The third-order valence-corrected chi connectivity index (χ3v) is 5.12. The maximum absolute atomic E-state index is 11.0. The molecular formula is C17H17N3OS2. The fourth-order valence-electron chi connectivity index (χ4n) is 2.06. The fraction of sp³-hybridized carbons (Fsp3) is 0.176. The number of carbonyl (C=O) groups excluding carboxylic acids is 1. The molecule has 0 bridgehead atoms. The number of thiazole rings is 1. The van der Waals surface area contributed by atoms with E-state index in [1.54, 1.807) is 22.7 Å². The van der Waals surface area contributed by atoms with Crippen LogP contribution >= 0.6 is 22.7 Å². The van der Waals surface area contributed by atoms with E-state index < -0.39 is 0 Å². The van der Waals surface area contributed by atoms with Crippen LogP contribution in [0.5, 0.6) is 0 Å².